The Kier molecular flexibility index (Phi) is 5.36. The van der Waals surface area contributed by atoms with Gasteiger partial charge in [0.25, 0.3) is 0 Å². The number of benzene rings is 2. The Morgan fingerprint density at radius 3 is 2.36 bits per heavy atom. The number of hydrogen-bond acceptors (Lipinski definition) is 1. The standard InChI is InChI=1S/C21H23F3O/c1-2-3-4-15-5-7-16(8-6-15)17-9-10-19-14-20(25-21(22,23)24)12-11-18(19)13-17/h2,9-16H,1,3-8H2. The van der Waals surface area contributed by atoms with E-state index in [0.717, 1.165) is 23.1 Å². The Morgan fingerprint density at radius 2 is 1.68 bits per heavy atom. The predicted molar refractivity (Wildman–Crippen MR) is 94.8 cm³/mol. The highest BCUT2D eigenvalue weighted by molar-refractivity contribution is 5.84. The summed E-state index contributed by atoms with van der Waals surface area (Å²) in [5.41, 5.74) is 1.29. The molecule has 134 valence electrons. The highest BCUT2D eigenvalue weighted by Gasteiger charge is 2.31. The first-order valence-electron chi connectivity index (χ1n) is 8.85. The zero-order valence-corrected chi connectivity index (χ0v) is 14.2. The van der Waals surface area contributed by atoms with Crippen molar-refractivity contribution in [3.05, 3.63) is 54.6 Å². The fourth-order valence-electron chi connectivity index (χ4n) is 3.83. The van der Waals surface area contributed by atoms with E-state index in [1.165, 1.54) is 49.8 Å². The summed E-state index contributed by atoms with van der Waals surface area (Å²) in [7, 11) is 0. The molecule has 3 rings (SSSR count). The average Bonchev–Trinajstić information content (AvgIpc) is 2.58. The molecule has 2 aromatic rings. The lowest BCUT2D eigenvalue weighted by molar-refractivity contribution is -0.274. The molecule has 0 aromatic heterocycles. The fraction of sp³-hybridized carbons (Fsp3) is 0.429. The van der Waals surface area contributed by atoms with Gasteiger partial charge in [0.1, 0.15) is 5.75 Å². The van der Waals surface area contributed by atoms with E-state index >= 15 is 0 Å². The molecule has 0 atom stereocenters. The van der Waals surface area contributed by atoms with Crippen molar-refractivity contribution >= 4 is 10.8 Å². The first kappa shape index (κ1) is 17.8. The van der Waals surface area contributed by atoms with Crippen LogP contribution in [0.4, 0.5) is 13.2 Å². The van der Waals surface area contributed by atoms with Crippen molar-refractivity contribution in [2.24, 2.45) is 5.92 Å². The zero-order valence-electron chi connectivity index (χ0n) is 14.2. The van der Waals surface area contributed by atoms with E-state index in [4.69, 9.17) is 0 Å². The van der Waals surface area contributed by atoms with E-state index < -0.39 is 6.36 Å². The lowest BCUT2D eigenvalue weighted by atomic mass is 9.77. The van der Waals surface area contributed by atoms with Gasteiger partial charge in [-0.25, -0.2) is 0 Å². The third-order valence-corrected chi connectivity index (χ3v) is 5.17. The quantitative estimate of drug-likeness (QED) is 0.530. The van der Waals surface area contributed by atoms with Crippen molar-refractivity contribution in [3.8, 4) is 5.75 Å². The van der Waals surface area contributed by atoms with Crippen LogP contribution in [0, 0.1) is 5.92 Å². The van der Waals surface area contributed by atoms with E-state index in [1.807, 2.05) is 12.1 Å². The Morgan fingerprint density at radius 1 is 1.00 bits per heavy atom. The number of alkyl halides is 3. The van der Waals surface area contributed by atoms with Crippen LogP contribution in [0.3, 0.4) is 0 Å². The Bertz CT molecular complexity index is 727. The molecule has 4 heteroatoms. The maximum Gasteiger partial charge on any atom is 0.573 e. The third kappa shape index (κ3) is 4.77. The molecular weight excluding hydrogens is 325 g/mol. The van der Waals surface area contributed by atoms with Crippen LogP contribution < -0.4 is 4.74 Å². The van der Waals surface area contributed by atoms with E-state index in [2.05, 4.69) is 23.4 Å². The highest BCUT2D eigenvalue weighted by Crippen LogP contribution is 2.38. The smallest absolute Gasteiger partial charge is 0.406 e. The van der Waals surface area contributed by atoms with Gasteiger partial charge in [0.15, 0.2) is 0 Å². The zero-order chi connectivity index (χ0) is 17.9. The molecule has 1 aliphatic carbocycles. The van der Waals surface area contributed by atoms with Crippen LogP contribution in [-0.4, -0.2) is 6.36 Å². The molecule has 1 saturated carbocycles. The Balaban J connectivity index is 1.69. The first-order valence-corrected chi connectivity index (χ1v) is 8.85. The number of rotatable bonds is 5. The molecule has 0 spiro atoms. The van der Waals surface area contributed by atoms with Gasteiger partial charge < -0.3 is 4.74 Å². The van der Waals surface area contributed by atoms with Crippen molar-refractivity contribution in [3.63, 3.8) is 0 Å². The molecular formula is C21H23F3O. The summed E-state index contributed by atoms with van der Waals surface area (Å²) in [5.74, 6) is 1.18. The summed E-state index contributed by atoms with van der Waals surface area (Å²) in [6.07, 6.45) is 4.52. The summed E-state index contributed by atoms with van der Waals surface area (Å²) in [5, 5.41) is 1.73. The second-order valence-corrected chi connectivity index (χ2v) is 6.90. The third-order valence-electron chi connectivity index (χ3n) is 5.17. The van der Waals surface area contributed by atoms with Crippen LogP contribution in [0.1, 0.15) is 50.0 Å². The molecule has 0 heterocycles. The van der Waals surface area contributed by atoms with Crippen molar-refractivity contribution in [2.75, 3.05) is 0 Å². The van der Waals surface area contributed by atoms with Crippen molar-refractivity contribution in [1.29, 1.82) is 0 Å². The van der Waals surface area contributed by atoms with Gasteiger partial charge >= 0.3 is 6.36 Å². The number of ether oxygens (including phenoxy) is 1. The van der Waals surface area contributed by atoms with E-state index in [9.17, 15) is 13.2 Å². The van der Waals surface area contributed by atoms with Crippen LogP contribution in [0.15, 0.2) is 49.1 Å². The maximum absolute atomic E-state index is 12.3. The molecule has 25 heavy (non-hydrogen) atoms. The van der Waals surface area contributed by atoms with Gasteiger partial charge in [-0.05, 0) is 78.8 Å². The molecule has 2 aromatic carbocycles. The SMILES string of the molecule is C=CCCC1CCC(c2ccc3cc(OC(F)(F)F)ccc3c2)CC1. The van der Waals surface area contributed by atoms with E-state index in [-0.39, 0.29) is 5.75 Å². The molecule has 0 aliphatic heterocycles. The number of halogens is 3. The average molecular weight is 348 g/mol. The van der Waals surface area contributed by atoms with Gasteiger partial charge in [0, 0.05) is 0 Å². The largest absolute Gasteiger partial charge is 0.573 e. The lowest BCUT2D eigenvalue weighted by Crippen LogP contribution is -2.17. The molecule has 0 saturated heterocycles. The van der Waals surface area contributed by atoms with E-state index in [0.29, 0.717) is 5.92 Å². The van der Waals surface area contributed by atoms with Gasteiger partial charge in [-0.3, -0.25) is 0 Å². The predicted octanol–water partition coefficient (Wildman–Crippen LogP) is 6.98. The van der Waals surface area contributed by atoms with Crippen LogP contribution in [-0.2, 0) is 0 Å². The number of hydrogen-bond donors (Lipinski definition) is 0. The Hall–Kier alpha value is -1.97. The topological polar surface area (TPSA) is 9.23 Å². The normalized spacial score (nSPS) is 21.2. The summed E-state index contributed by atoms with van der Waals surface area (Å²) in [6.45, 7) is 3.79. The second-order valence-electron chi connectivity index (χ2n) is 6.90. The number of allylic oxidation sites excluding steroid dienone is 1. The minimum atomic E-state index is -4.65. The fourth-order valence-corrected chi connectivity index (χ4v) is 3.83. The van der Waals surface area contributed by atoms with Crippen molar-refractivity contribution < 1.29 is 17.9 Å². The molecule has 1 nitrogen and oxygen atoms in total. The van der Waals surface area contributed by atoms with E-state index in [1.54, 1.807) is 6.07 Å². The van der Waals surface area contributed by atoms with Crippen LogP contribution >= 0.6 is 0 Å². The monoisotopic (exact) mass is 348 g/mol. The Labute approximate surface area is 146 Å². The van der Waals surface area contributed by atoms with Gasteiger partial charge in [-0.15, -0.1) is 19.8 Å². The van der Waals surface area contributed by atoms with Gasteiger partial charge in [-0.2, -0.15) is 0 Å². The van der Waals surface area contributed by atoms with Gasteiger partial charge in [0.2, 0.25) is 0 Å². The van der Waals surface area contributed by atoms with Crippen LogP contribution in [0.2, 0.25) is 0 Å². The molecule has 1 aliphatic rings. The van der Waals surface area contributed by atoms with Gasteiger partial charge in [-0.1, -0.05) is 30.3 Å². The summed E-state index contributed by atoms with van der Waals surface area (Å²) in [4.78, 5) is 0. The molecule has 0 bridgehead atoms. The highest BCUT2D eigenvalue weighted by atomic mass is 19.4. The lowest BCUT2D eigenvalue weighted by Gasteiger charge is -2.28. The van der Waals surface area contributed by atoms with Crippen LogP contribution in [0.25, 0.3) is 10.8 Å². The second kappa shape index (κ2) is 7.51. The number of fused-ring (bicyclic) bond motifs is 1. The molecule has 0 radical (unpaired) electrons. The minimum Gasteiger partial charge on any atom is -0.406 e. The van der Waals surface area contributed by atoms with Crippen molar-refractivity contribution in [2.45, 2.75) is 50.8 Å². The molecule has 0 unspecified atom stereocenters. The molecule has 0 amide bonds. The van der Waals surface area contributed by atoms with Gasteiger partial charge in [0.05, 0.1) is 0 Å². The maximum atomic E-state index is 12.3. The minimum absolute atomic E-state index is 0.171. The van der Waals surface area contributed by atoms with Crippen molar-refractivity contribution in [1.82, 2.24) is 0 Å². The molecule has 0 N–H and O–H groups in total. The van der Waals surface area contributed by atoms with Crippen LogP contribution in [0.5, 0.6) is 5.75 Å². The summed E-state index contributed by atoms with van der Waals surface area (Å²) in [6, 6.07) is 10.6. The molecule has 1 fully saturated rings. The summed E-state index contributed by atoms with van der Waals surface area (Å²) >= 11 is 0. The first-order chi connectivity index (χ1) is 11.9. The summed E-state index contributed by atoms with van der Waals surface area (Å²) < 4.78 is 41.0.